The Bertz CT molecular complexity index is 275. The van der Waals surface area contributed by atoms with Gasteiger partial charge in [-0.05, 0) is 12.0 Å². The van der Waals surface area contributed by atoms with E-state index in [1.54, 1.807) is 0 Å². The van der Waals surface area contributed by atoms with E-state index in [0.717, 1.165) is 25.1 Å². The van der Waals surface area contributed by atoms with Gasteiger partial charge in [0.1, 0.15) is 6.61 Å². The van der Waals surface area contributed by atoms with Gasteiger partial charge >= 0.3 is 5.97 Å². The summed E-state index contributed by atoms with van der Waals surface area (Å²) in [4.78, 5) is 12.9. The summed E-state index contributed by atoms with van der Waals surface area (Å²) in [6.45, 7) is 3.54. The number of aliphatic hydroxyl groups excluding tert-OH is 1. The Morgan fingerprint density at radius 2 is 2.57 bits per heavy atom. The third kappa shape index (κ3) is 1.67. The molecule has 2 heterocycles. The lowest BCUT2D eigenvalue weighted by molar-refractivity contribution is -0.140. The molecule has 2 rings (SSSR count). The van der Waals surface area contributed by atoms with Crippen LogP contribution < -0.4 is 0 Å². The van der Waals surface area contributed by atoms with Gasteiger partial charge in [0, 0.05) is 20.0 Å². The second-order valence-electron chi connectivity index (χ2n) is 3.86. The maximum Gasteiger partial charge on any atom is 0.302 e. The monoisotopic (exact) mass is 197 g/mol. The molecule has 0 radical (unpaired) electrons. The van der Waals surface area contributed by atoms with Crippen LogP contribution in [0.5, 0.6) is 0 Å². The summed E-state index contributed by atoms with van der Waals surface area (Å²) in [5.41, 5.74) is 1.05. The highest BCUT2D eigenvalue weighted by Crippen LogP contribution is 2.28. The largest absolute Gasteiger partial charge is 0.461 e. The molecular formula is C10H15NO3. The standard InChI is InChI=1S/C10H15NO3/c1-7(12)14-6-8-2-4-11-5-3-9(13)10(8)11/h2,9-10,13H,3-6H2,1H3. The first-order valence-corrected chi connectivity index (χ1v) is 4.93. The van der Waals surface area contributed by atoms with Crippen molar-refractivity contribution in [2.75, 3.05) is 19.7 Å². The van der Waals surface area contributed by atoms with Crippen LogP contribution in [0.2, 0.25) is 0 Å². The highest BCUT2D eigenvalue weighted by molar-refractivity contribution is 5.66. The molecule has 2 atom stereocenters. The van der Waals surface area contributed by atoms with Gasteiger partial charge in [-0.2, -0.15) is 0 Å². The molecule has 0 amide bonds. The molecule has 1 saturated heterocycles. The minimum absolute atomic E-state index is 0.0920. The quantitative estimate of drug-likeness (QED) is 0.497. The van der Waals surface area contributed by atoms with Crippen molar-refractivity contribution >= 4 is 5.97 Å². The highest BCUT2D eigenvalue weighted by atomic mass is 16.5. The molecule has 1 N–H and O–H groups in total. The van der Waals surface area contributed by atoms with Crippen LogP contribution in [0, 0.1) is 0 Å². The predicted octanol–water partition coefficient (Wildman–Crippen LogP) is -0.0753. The fourth-order valence-electron chi connectivity index (χ4n) is 2.21. The number of hydrogen-bond acceptors (Lipinski definition) is 4. The molecule has 0 aromatic heterocycles. The van der Waals surface area contributed by atoms with Crippen molar-refractivity contribution in [1.82, 2.24) is 4.90 Å². The van der Waals surface area contributed by atoms with Gasteiger partial charge < -0.3 is 9.84 Å². The molecule has 0 bridgehead atoms. The number of esters is 1. The fraction of sp³-hybridized carbons (Fsp3) is 0.700. The van der Waals surface area contributed by atoms with Crippen LogP contribution >= 0.6 is 0 Å². The smallest absolute Gasteiger partial charge is 0.302 e. The number of fused-ring (bicyclic) bond motifs is 1. The molecule has 0 aromatic carbocycles. The van der Waals surface area contributed by atoms with Gasteiger partial charge in [0.15, 0.2) is 0 Å². The lowest BCUT2D eigenvalue weighted by atomic mass is 10.1. The summed E-state index contributed by atoms with van der Waals surface area (Å²) in [6.07, 6.45) is 2.58. The van der Waals surface area contributed by atoms with E-state index in [1.165, 1.54) is 6.92 Å². The lowest BCUT2D eigenvalue weighted by Crippen LogP contribution is -2.33. The first-order valence-electron chi connectivity index (χ1n) is 4.93. The summed E-state index contributed by atoms with van der Waals surface area (Å²) >= 11 is 0. The topological polar surface area (TPSA) is 49.8 Å². The van der Waals surface area contributed by atoms with Gasteiger partial charge in [-0.15, -0.1) is 0 Å². The van der Waals surface area contributed by atoms with Crippen molar-refractivity contribution < 1.29 is 14.6 Å². The van der Waals surface area contributed by atoms with Gasteiger partial charge in [-0.25, -0.2) is 0 Å². The van der Waals surface area contributed by atoms with E-state index in [-0.39, 0.29) is 18.1 Å². The van der Waals surface area contributed by atoms with Gasteiger partial charge in [-0.3, -0.25) is 9.69 Å². The number of rotatable bonds is 2. The Hall–Kier alpha value is -0.870. The Labute approximate surface area is 83.2 Å². The van der Waals surface area contributed by atoms with E-state index in [0.29, 0.717) is 6.61 Å². The van der Waals surface area contributed by atoms with E-state index in [4.69, 9.17) is 4.74 Å². The van der Waals surface area contributed by atoms with Gasteiger partial charge in [0.05, 0.1) is 12.1 Å². The Kier molecular flexibility index (Phi) is 2.56. The van der Waals surface area contributed by atoms with Crippen LogP contribution in [0.25, 0.3) is 0 Å². The zero-order valence-corrected chi connectivity index (χ0v) is 8.27. The van der Waals surface area contributed by atoms with Crippen LogP contribution in [0.15, 0.2) is 11.6 Å². The first-order chi connectivity index (χ1) is 6.68. The van der Waals surface area contributed by atoms with E-state index in [2.05, 4.69) is 11.0 Å². The zero-order chi connectivity index (χ0) is 10.1. The summed E-state index contributed by atoms with van der Waals surface area (Å²) in [5.74, 6) is -0.267. The first kappa shape index (κ1) is 9.68. The molecule has 78 valence electrons. The average molecular weight is 197 g/mol. The van der Waals surface area contributed by atoms with E-state index >= 15 is 0 Å². The summed E-state index contributed by atoms with van der Waals surface area (Å²) in [5, 5.41) is 9.71. The van der Waals surface area contributed by atoms with Gasteiger partial charge in [0.2, 0.25) is 0 Å². The SMILES string of the molecule is CC(=O)OCC1=CCN2CCC(O)C12. The molecule has 0 aliphatic carbocycles. The third-order valence-electron chi connectivity index (χ3n) is 2.88. The Morgan fingerprint density at radius 1 is 1.79 bits per heavy atom. The molecule has 0 spiro atoms. The predicted molar refractivity (Wildman–Crippen MR) is 50.7 cm³/mol. The summed E-state index contributed by atoms with van der Waals surface area (Å²) < 4.78 is 4.94. The Balaban J connectivity index is 1.96. The van der Waals surface area contributed by atoms with Gasteiger partial charge in [0.25, 0.3) is 0 Å². The summed E-state index contributed by atoms with van der Waals surface area (Å²) in [7, 11) is 0. The maximum atomic E-state index is 10.6. The number of ether oxygens (including phenoxy) is 1. The number of aliphatic hydroxyl groups is 1. The molecule has 4 heteroatoms. The van der Waals surface area contributed by atoms with Gasteiger partial charge in [-0.1, -0.05) is 6.08 Å². The van der Waals surface area contributed by atoms with Crippen LogP contribution in [-0.2, 0) is 9.53 Å². The molecule has 2 aliphatic rings. The Morgan fingerprint density at radius 3 is 3.29 bits per heavy atom. The second-order valence-corrected chi connectivity index (χ2v) is 3.86. The molecule has 2 aliphatic heterocycles. The second kappa shape index (κ2) is 3.71. The molecule has 4 nitrogen and oxygen atoms in total. The highest BCUT2D eigenvalue weighted by Gasteiger charge is 2.38. The van der Waals surface area contributed by atoms with Crippen molar-refractivity contribution in [3.05, 3.63) is 11.6 Å². The normalized spacial score (nSPS) is 31.4. The molecule has 14 heavy (non-hydrogen) atoms. The van der Waals surface area contributed by atoms with Crippen LogP contribution in [-0.4, -0.2) is 47.8 Å². The molecule has 2 unspecified atom stereocenters. The van der Waals surface area contributed by atoms with Crippen LogP contribution in [0.1, 0.15) is 13.3 Å². The maximum absolute atomic E-state index is 10.6. The number of carbonyl (C=O) groups is 1. The molecule has 0 aromatic rings. The van der Waals surface area contributed by atoms with Crippen molar-refractivity contribution in [2.45, 2.75) is 25.5 Å². The van der Waals surface area contributed by atoms with Crippen molar-refractivity contribution in [2.24, 2.45) is 0 Å². The van der Waals surface area contributed by atoms with Crippen molar-refractivity contribution in [3.8, 4) is 0 Å². The molecule has 0 saturated carbocycles. The zero-order valence-electron chi connectivity index (χ0n) is 8.27. The van der Waals surface area contributed by atoms with E-state index < -0.39 is 0 Å². The number of hydrogen-bond donors (Lipinski definition) is 1. The minimum Gasteiger partial charge on any atom is -0.461 e. The molecular weight excluding hydrogens is 182 g/mol. The average Bonchev–Trinajstić information content (AvgIpc) is 2.66. The van der Waals surface area contributed by atoms with Crippen molar-refractivity contribution in [3.63, 3.8) is 0 Å². The van der Waals surface area contributed by atoms with Crippen LogP contribution in [0.4, 0.5) is 0 Å². The number of nitrogens with zero attached hydrogens (tertiary/aromatic N) is 1. The molecule has 1 fully saturated rings. The van der Waals surface area contributed by atoms with E-state index in [9.17, 15) is 9.90 Å². The third-order valence-corrected chi connectivity index (χ3v) is 2.88. The summed E-state index contributed by atoms with van der Waals surface area (Å²) in [6, 6.07) is 0.0920. The number of carbonyl (C=O) groups excluding carboxylic acids is 1. The fourth-order valence-corrected chi connectivity index (χ4v) is 2.21. The van der Waals surface area contributed by atoms with Crippen LogP contribution in [0.3, 0.4) is 0 Å². The lowest BCUT2D eigenvalue weighted by Gasteiger charge is -2.20. The van der Waals surface area contributed by atoms with E-state index in [1.807, 2.05) is 0 Å². The minimum atomic E-state index is -0.292. The van der Waals surface area contributed by atoms with Crippen molar-refractivity contribution in [1.29, 1.82) is 0 Å².